The van der Waals surface area contributed by atoms with Gasteiger partial charge in [-0.25, -0.2) is 0 Å². The van der Waals surface area contributed by atoms with Crippen LogP contribution in [0.4, 0.5) is 0 Å². The van der Waals surface area contributed by atoms with Crippen LogP contribution in [0.1, 0.15) is 21.5 Å². The first-order chi connectivity index (χ1) is 11.7. The molecular formula is C19H23NO3S. The molecule has 24 heavy (non-hydrogen) atoms. The first-order valence-electron chi connectivity index (χ1n) is 7.78. The summed E-state index contributed by atoms with van der Waals surface area (Å²) in [5.74, 6) is 2.63. The number of hydrogen-bond donors (Lipinski definition) is 1. The lowest BCUT2D eigenvalue weighted by atomic mass is 10.1. The van der Waals surface area contributed by atoms with Gasteiger partial charge in [0.05, 0.1) is 14.2 Å². The molecule has 5 heteroatoms. The number of ether oxygens (including phenoxy) is 2. The van der Waals surface area contributed by atoms with E-state index in [4.69, 9.17) is 9.47 Å². The summed E-state index contributed by atoms with van der Waals surface area (Å²) >= 11 is 1.79. The van der Waals surface area contributed by atoms with E-state index in [1.807, 2.05) is 0 Å². The lowest BCUT2D eigenvalue weighted by Gasteiger charge is -2.13. The zero-order chi connectivity index (χ0) is 17.4. The predicted molar refractivity (Wildman–Crippen MR) is 99.2 cm³/mol. The highest BCUT2D eigenvalue weighted by atomic mass is 32.2. The van der Waals surface area contributed by atoms with Crippen LogP contribution in [0.2, 0.25) is 0 Å². The molecule has 0 atom stereocenters. The van der Waals surface area contributed by atoms with E-state index in [1.54, 1.807) is 44.2 Å². The second-order valence-corrected chi connectivity index (χ2v) is 6.44. The van der Waals surface area contributed by atoms with Gasteiger partial charge < -0.3 is 14.8 Å². The van der Waals surface area contributed by atoms with Gasteiger partial charge in [0.25, 0.3) is 5.91 Å². The van der Waals surface area contributed by atoms with Crippen molar-refractivity contribution in [2.75, 3.05) is 26.5 Å². The lowest BCUT2D eigenvalue weighted by Crippen LogP contribution is -2.26. The average Bonchev–Trinajstić information content (AvgIpc) is 2.62. The molecule has 0 aromatic heterocycles. The number of nitrogens with one attached hydrogen (secondary N) is 1. The van der Waals surface area contributed by atoms with E-state index in [9.17, 15) is 4.79 Å². The molecule has 0 unspecified atom stereocenters. The largest absolute Gasteiger partial charge is 0.496 e. The molecule has 1 N–H and O–H groups in total. The molecule has 0 aliphatic heterocycles. The number of carbonyl (C=O) groups excluding carboxylic acids is 1. The van der Waals surface area contributed by atoms with Crippen LogP contribution in [0.15, 0.2) is 42.5 Å². The number of amides is 1. The van der Waals surface area contributed by atoms with Crippen molar-refractivity contribution in [3.63, 3.8) is 0 Å². The SMILES string of the molecule is COc1cccc(OC)c1C(=O)NCCSCc1ccc(C)cc1. The van der Waals surface area contributed by atoms with Gasteiger partial charge in [0, 0.05) is 18.1 Å². The van der Waals surface area contributed by atoms with Crippen LogP contribution in [0.5, 0.6) is 11.5 Å². The van der Waals surface area contributed by atoms with Gasteiger partial charge in [0.1, 0.15) is 17.1 Å². The summed E-state index contributed by atoms with van der Waals surface area (Å²) in [6.07, 6.45) is 0. The Morgan fingerprint density at radius 1 is 1.04 bits per heavy atom. The van der Waals surface area contributed by atoms with Crippen molar-refractivity contribution in [1.29, 1.82) is 0 Å². The lowest BCUT2D eigenvalue weighted by molar-refractivity contribution is 0.0950. The van der Waals surface area contributed by atoms with E-state index in [-0.39, 0.29) is 5.91 Å². The minimum absolute atomic E-state index is 0.180. The average molecular weight is 345 g/mol. The quantitative estimate of drug-likeness (QED) is 0.742. The third-order valence-electron chi connectivity index (χ3n) is 3.58. The highest BCUT2D eigenvalue weighted by molar-refractivity contribution is 7.98. The molecule has 0 radical (unpaired) electrons. The van der Waals surface area contributed by atoms with E-state index < -0.39 is 0 Å². The van der Waals surface area contributed by atoms with Gasteiger partial charge in [-0.1, -0.05) is 35.9 Å². The molecule has 2 aromatic carbocycles. The molecule has 0 spiro atoms. The molecule has 128 valence electrons. The number of carbonyl (C=O) groups is 1. The summed E-state index contributed by atoms with van der Waals surface area (Å²) in [5.41, 5.74) is 3.00. The Balaban J connectivity index is 1.82. The Labute approximate surface area is 147 Å². The van der Waals surface area contributed by atoms with Gasteiger partial charge in [-0.05, 0) is 24.6 Å². The summed E-state index contributed by atoms with van der Waals surface area (Å²) in [6.45, 7) is 2.68. The number of thioether (sulfide) groups is 1. The Hall–Kier alpha value is -2.14. The fraction of sp³-hybridized carbons (Fsp3) is 0.316. The van der Waals surface area contributed by atoms with Gasteiger partial charge in [-0.15, -0.1) is 0 Å². The van der Waals surface area contributed by atoms with E-state index in [1.165, 1.54) is 11.1 Å². The molecule has 0 aliphatic rings. The predicted octanol–water partition coefficient (Wildman–Crippen LogP) is 3.68. The number of methoxy groups -OCH3 is 2. The maximum Gasteiger partial charge on any atom is 0.258 e. The second-order valence-electron chi connectivity index (χ2n) is 5.33. The van der Waals surface area contributed by atoms with Crippen LogP contribution in [0.25, 0.3) is 0 Å². The first-order valence-corrected chi connectivity index (χ1v) is 8.93. The van der Waals surface area contributed by atoms with Gasteiger partial charge >= 0.3 is 0 Å². The molecule has 0 bridgehead atoms. The van der Waals surface area contributed by atoms with Crippen LogP contribution in [-0.2, 0) is 5.75 Å². The van der Waals surface area contributed by atoms with E-state index >= 15 is 0 Å². The standard InChI is InChI=1S/C19H23NO3S/c1-14-7-9-15(10-8-14)13-24-12-11-20-19(21)18-16(22-2)5-4-6-17(18)23-3/h4-10H,11-13H2,1-3H3,(H,20,21). The number of benzene rings is 2. The van der Waals surface area contributed by atoms with Crippen molar-refractivity contribution in [3.8, 4) is 11.5 Å². The van der Waals surface area contributed by atoms with E-state index in [0.29, 0.717) is 23.6 Å². The molecule has 0 saturated carbocycles. The summed E-state index contributed by atoms with van der Waals surface area (Å²) in [4.78, 5) is 12.4. The number of hydrogen-bond acceptors (Lipinski definition) is 4. The van der Waals surface area contributed by atoms with Crippen LogP contribution in [0.3, 0.4) is 0 Å². The summed E-state index contributed by atoms with van der Waals surface area (Å²) in [5, 5.41) is 2.92. The van der Waals surface area contributed by atoms with Gasteiger partial charge in [-0.3, -0.25) is 4.79 Å². The van der Waals surface area contributed by atoms with Gasteiger partial charge in [-0.2, -0.15) is 11.8 Å². The molecule has 4 nitrogen and oxygen atoms in total. The molecule has 0 heterocycles. The van der Waals surface area contributed by atoms with Crippen molar-refractivity contribution >= 4 is 17.7 Å². The Kier molecular flexibility index (Phi) is 7.00. The Bertz CT molecular complexity index is 649. The molecule has 2 rings (SSSR count). The minimum Gasteiger partial charge on any atom is -0.496 e. The Morgan fingerprint density at radius 2 is 1.67 bits per heavy atom. The zero-order valence-corrected chi connectivity index (χ0v) is 15.1. The second kappa shape index (κ2) is 9.23. The van der Waals surface area contributed by atoms with Crippen molar-refractivity contribution in [2.24, 2.45) is 0 Å². The van der Waals surface area contributed by atoms with Crippen molar-refractivity contribution in [2.45, 2.75) is 12.7 Å². The fourth-order valence-corrected chi connectivity index (χ4v) is 3.09. The Morgan fingerprint density at radius 3 is 2.25 bits per heavy atom. The molecule has 0 saturated heterocycles. The third-order valence-corrected chi connectivity index (χ3v) is 4.61. The summed E-state index contributed by atoms with van der Waals surface area (Å²) < 4.78 is 10.5. The third kappa shape index (κ3) is 4.93. The molecular weight excluding hydrogens is 322 g/mol. The fourth-order valence-electron chi connectivity index (χ4n) is 2.27. The van der Waals surface area contributed by atoms with Crippen molar-refractivity contribution < 1.29 is 14.3 Å². The van der Waals surface area contributed by atoms with Crippen LogP contribution in [-0.4, -0.2) is 32.4 Å². The van der Waals surface area contributed by atoms with Crippen LogP contribution >= 0.6 is 11.8 Å². The smallest absolute Gasteiger partial charge is 0.258 e. The van der Waals surface area contributed by atoms with Crippen molar-refractivity contribution in [1.82, 2.24) is 5.32 Å². The minimum atomic E-state index is -0.180. The first kappa shape index (κ1) is 18.2. The normalized spacial score (nSPS) is 10.3. The maximum atomic E-state index is 12.4. The number of aryl methyl sites for hydroxylation is 1. The highest BCUT2D eigenvalue weighted by Gasteiger charge is 2.17. The van der Waals surface area contributed by atoms with Crippen LogP contribution < -0.4 is 14.8 Å². The topological polar surface area (TPSA) is 47.6 Å². The van der Waals surface area contributed by atoms with Gasteiger partial charge in [0.15, 0.2) is 0 Å². The monoisotopic (exact) mass is 345 g/mol. The van der Waals surface area contributed by atoms with Crippen LogP contribution in [0, 0.1) is 6.92 Å². The van der Waals surface area contributed by atoms with E-state index in [0.717, 1.165) is 11.5 Å². The molecule has 0 aliphatic carbocycles. The summed E-state index contributed by atoms with van der Waals surface area (Å²) in [7, 11) is 3.09. The van der Waals surface area contributed by atoms with E-state index in [2.05, 4.69) is 36.5 Å². The van der Waals surface area contributed by atoms with Gasteiger partial charge in [0.2, 0.25) is 0 Å². The molecule has 0 fully saturated rings. The van der Waals surface area contributed by atoms with Crippen molar-refractivity contribution in [3.05, 3.63) is 59.2 Å². The molecule has 1 amide bonds. The molecule has 2 aromatic rings. The summed E-state index contributed by atoms with van der Waals surface area (Å²) in [6, 6.07) is 13.8. The zero-order valence-electron chi connectivity index (χ0n) is 14.3. The number of rotatable bonds is 8. The highest BCUT2D eigenvalue weighted by Crippen LogP contribution is 2.27. The maximum absolute atomic E-state index is 12.4.